The summed E-state index contributed by atoms with van der Waals surface area (Å²) < 4.78 is 4.99. The van der Waals surface area contributed by atoms with Crippen molar-refractivity contribution in [2.24, 2.45) is 0 Å². The maximum Gasteiger partial charge on any atom is 0.166 e. The van der Waals surface area contributed by atoms with Gasteiger partial charge in [0.1, 0.15) is 0 Å². The van der Waals surface area contributed by atoms with E-state index in [1.54, 1.807) is 7.11 Å². The van der Waals surface area contributed by atoms with Crippen LogP contribution >= 0.6 is 12.2 Å². The molecule has 1 aromatic carbocycles. The lowest BCUT2D eigenvalue weighted by molar-refractivity contribution is 0.203. The van der Waals surface area contributed by atoms with Gasteiger partial charge in [0.15, 0.2) is 5.11 Å². The van der Waals surface area contributed by atoms with Crippen molar-refractivity contribution < 1.29 is 4.74 Å². The number of rotatable bonds is 4. The van der Waals surface area contributed by atoms with Gasteiger partial charge in [0.2, 0.25) is 0 Å². The van der Waals surface area contributed by atoms with Crippen molar-refractivity contribution in [2.45, 2.75) is 25.3 Å². The average Bonchev–Trinajstić information content (AvgIpc) is 2.39. The molecule has 0 aliphatic heterocycles. The number of ether oxygens (including phenoxy) is 1. The summed E-state index contributed by atoms with van der Waals surface area (Å²) in [4.78, 5) is 0. The normalized spacial score (nSPS) is 17.9. The van der Waals surface area contributed by atoms with E-state index in [1.807, 2.05) is 0 Å². The third-order valence-electron chi connectivity index (χ3n) is 3.27. The molecule has 0 saturated heterocycles. The van der Waals surface area contributed by atoms with Crippen LogP contribution in [0.3, 0.4) is 0 Å². The van der Waals surface area contributed by atoms with Gasteiger partial charge >= 0.3 is 0 Å². The Morgan fingerprint density at radius 3 is 3.11 bits per heavy atom. The molecular formula is C14H20N2OS. The van der Waals surface area contributed by atoms with Crippen molar-refractivity contribution in [1.82, 2.24) is 10.6 Å². The van der Waals surface area contributed by atoms with Crippen LogP contribution in [-0.4, -0.2) is 25.4 Å². The first-order chi connectivity index (χ1) is 8.81. The molecule has 0 radical (unpaired) electrons. The van der Waals surface area contributed by atoms with E-state index >= 15 is 0 Å². The molecule has 0 unspecified atom stereocenters. The SMILES string of the molecule is COCCNC(=S)N[C@H]1CCCc2ccccc21. The number of hydrogen-bond donors (Lipinski definition) is 2. The summed E-state index contributed by atoms with van der Waals surface area (Å²) in [6.07, 6.45) is 3.54. The van der Waals surface area contributed by atoms with Crippen LogP contribution in [0.1, 0.15) is 30.0 Å². The van der Waals surface area contributed by atoms with Crippen LogP contribution < -0.4 is 10.6 Å². The number of methoxy groups -OCH3 is 1. The fourth-order valence-electron chi connectivity index (χ4n) is 2.38. The highest BCUT2D eigenvalue weighted by Crippen LogP contribution is 2.29. The van der Waals surface area contributed by atoms with E-state index in [-0.39, 0.29) is 0 Å². The van der Waals surface area contributed by atoms with E-state index in [2.05, 4.69) is 34.9 Å². The molecule has 4 heteroatoms. The number of nitrogens with one attached hydrogen (secondary N) is 2. The fraction of sp³-hybridized carbons (Fsp3) is 0.500. The molecule has 2 rings (SSSR count). The summed E-state index contributed by atoms with van der Waals surface area (Å²) in [7, 11) is 1.69. The van der Waals surface area contributed by atoms with E-state index in [9.17, 15) is 0 Å². The van der Waals surface area contributed by atoms with Crippen LogP contribution in [0.15, 0.2) is 24.3 Å². The molecule has 0 saturated carbocycles. The minimum atomic E-state index is 0.345. The van der Waals surface area contributed by atoms with Gasteiger partial charge in [0.25, 0.3) is 0 Å². The first kappa shape index (κ1) is 13.3. The summed E-state index contributed by atoms with van der Waals surface area (Å²) >= 11 is 5.30. The van der Waals surface area contributed by atoms with Gasteiger partial charge in [-0.1, -0.05) is 24.3 Å². The summed E-state index contributed by atoms with van der Waals surface area (Å²) in [5.41, 5.74) is 2.83. The Kier molecular flexibility index (Phi) is 4.96. The standard InChI is InChI=1S/C14H20N2OS/c1-17-10-9-15-14(18)16-13-8-4-6-11-5-2-3-7-12(11)13/h2-3,5,7,13H,4,6,8-10H2,1H3,(H2,15,16,18)/t13-/m0/s1. The summed E-state index contributed by atoms with van der Waals surface area (Å²) in [5, 5.41) is 7.27. The molecule has 0 fully saturated rings. The Bertz CT molecular complexity index is 409. The number of fused-ring (bicyclic) bond motifs is 1. The molecule has 0 heterocycles. The lowest BCUT2D eigenvalue weighted by atomic mass is 9.88. The van der Waals surface area contributed by atoms with Gasteiger partial charge in [-0.15, -0.1) is 0 Å². The molecule has 1 aliphatic rings. The van der Waals surface area contributed by atoms with Gasteiger partial charge in [0, 0.05) is 13.7 Å². The molecule has 1 atom stereocenters. The molecule has 18 heavy (non-hydrogen) atoms. The summed E-state index contributed by atoms with van der Waals surface area (Å²) in [6, 6.07) is 8.96. The first-order valence-electron chi connectivity index (χ1n) is 6.42. The van der Waals surface area contributed by atoms with Crippen LogP contribution in [-0.2, 0) is 11.2 Å². The Balaban J connectivity index is 1.92. The molecule has 98 valence electrons. The second kappa shape index (κ2) is 6.71. The zero-order valence-corrected chi connectivity index (χ0v) is 11.6. The van der Waals surface area contributed by atoms with Gasteiger partial charge in [-0.25, -0.2) is 0 Å². The summed E-state index contributed by atoms with van der Waals surface area (Å²) in [6.45, 7) is 1.42. The van der Waals surface area contributed by atoms with Gasteiger partial charge in [-0.05, 0) is 42.6 Å². The van der Waals surface area contributed by atoms with Crippen LogP contribution in [0, 0.1) is 0 Å². The van der Waals surface area contributed by atoms with Crippen molar-refractivity contribution in [2.75, 3.05) is 20.3 Å². The van der Waals surface area contributed by atoms with Crippen LogP contribution in [0.5, 0.6) is 0 Å². The number of aryl methyl sites for hydroxylation is 1. The van der Waals surface area contributed by atoms with E-state index < -0.39 is 0 Å². The minimum Gasteiger partial charge on any atom is -0.383 e. The lowest BCUT2D eigenvalue weighted by Gasteiger charge is -2.27. The first-order valence-corrected chi connectivity index (χ1v) is 6.83. The second-order valence-corrected chi connectivity index (χ2v) is 4.94. The molecule has 3 nitrogen and oxygen atoms in total. The quantitative estimate of drug-likeness (QED) is 0.645. The smallest absolute Gasteiger partial charge is 0.166 e. The van der Waals surface area contributed by atoms with E-state index in [4.69, 9.17) is 17.0 Å². The highest BCUT2D eigenvalue weighted by atomic mass is 32.1. The fourth-order valence-corrected chi connectivity index (χ4v) is 2.62. The molecule has 1 aromatic rings. The molecule has 1 aliphatic carbocycles. The van der Waals surface area contributed by atoms with Crippen molar-refractivity contribution in [1.29, 1.82) is 0 Å². The van der Waals surface area contributed by atoms with Gasteiger partial charge in [0.05, 0.1) is 12.6 Å². The largest absolute Gasteiger partial charge is 0.383 e. The monoisotopic (exact) mass is 264 g/mol. The zero-order chi connectivity index (χ0) is 12.8. The molecule has 0 bridgehead atoms. The van der Waals surface area contributed by atoms with Crippen molar-refractivity contribution in [3.63, 3.8) is 0 Å². The topological polar surface area (TPSA) is 33.3 Å². The van der Waals surface area contributed by atoms with Crippen molar-refractivity contribution in [3.8, 4) is 0 Å². The second-order valence-electron chi connectivity index (χ2n) is 4.54. The lowest BCUT2D eigenvalue weighted by Crippen LogP contribution is -2.40. The predicted octanol–water partition coefficient (Wildman–Crippen LogP) is 2.17. The molecular weight excluding hydrogens is 244 g/mol. The highest BCUT2D eigenvalue weighted by Gasteiger charge is 2.19. The Hall–Kier alpha value is -1.13. The molecule has 0 spiro atoms. The predicted molar refractivity (Wildman–Crippen MR) is 77.7 cm³/mol. The van der Waals surface area contributed by atoms with Crippen molar-refractivity contribution >= 4 is 17.3 Å². The van der Waals surface area contributed by atoms with E-state index in [1.165, 1.54) is 24.0 Å². The van der Waals surface area contributed by atoms with Crippen LogP contribution in [0.2, 0.25) is 0 Å². The van der Waals surface area contributed by atoms with E-state index in [0.29, 0.717) is 17.8 Å². The van der Waals surface area contributed by atoms with E-state index in [0.717, 1.165) is 13.0 Å². The number of benzene rings is 1. The van der Waals surface area contributed by atoms with Crippen molar-refractivity contribution in [3.05, 3.63) is 35.4 Å². The van der Waals surface area contributed by atoms with Gasteiger partial charge in [-0.2, -0.15) is 0 Å². The van der Waals surface area contributed by atoms with Crippen LogP contribution in [0.25, 0.3) is 0 Å². The molecule has 0 aromatic heterocycles. The maximum absolute atomic E-state index is 5.30. The zero-order valence-electron chi connectivity index (χ0n) is 10.7. The third kappa shape index (κ3) is 3.43. The Labute approximate surface area is 114 Å². The highest BCUT2D eigenvalue weighted by molar-refractivity contribution is 7.80. The Morgan fingerprint density at radius 2 is 2.28 bits per heavy atom. The third-order valence-corrected chi connectivity index (χ3v) is 3.53. The molecule has 2 N–H and O–H groups in total. The summed E-state index contributed by atoms with van der Waals surface area (Å²) in [5.74, 6) is 0. The maximum atomic E-state index is 5.30. The van der Waals surface area contributed by atoms with Crippen LogP contribution in [0.4, 0.5) is 0 Å². The number of hydrogen-bond acceptors (Lipinski definition) is 2. The minimum absolute atomic E-state index is 0.345. The Morgan fingerprint density at radius 1 is 1.44 bits per heavy atom. The molecule has 0 amide bonds. The number of thiocarbonyl (C=S) groups is 1. The average molecular weight is 264 g/mol. The van der Waals surface area contributed by atoms with Gasteiger partial charge < -0.3 is 15.4 Å². The van der Waals surface area contributed by atoms with Gasteiger partial charge in [-0.3, -0.25) is 0 Å².